The number of rotatable bonds is 13. The Balaban J connectivity index is 0.00000289. The zero-order valence-electron chi connectivity index (χ0n) is 28.2. The number of benzene rings is 3. The fraction of sp³-hybridized carbons (Fsp3) is 0.351. The average molecular weight is 730 g/mol. The third-order valence-corrected chi connectivity index (χ3v) is 8.72. The van der Waals surface area contributed by atoms with Crippen LogP contribution in [-0.2, 0) is 19.1 Å². The van der Waals surface area contributed by atoms with E-state index in [-0.39, 0.29) is 65.6 Å². The minimum atomic E-state index is -1.02. The third-order valence-electron chi connectivity index (χ3n) is 8.72. The van der Waals surface area contributed by atoms with Gasteiger partial charge in [-0.2, -0.15) is 0 Å². The lowest BCUT2D eigenvalue weighted by Crippen LogP contribution is -2.37. The van der Waals surface area contributed by atoms with Crippen molar-refractivity contribution in [3.63, 3.8) is 0 Å². The predicted molar refractivity (Wildman–Crippen MR) is 197 cm³/mol. The van der Waals surface area contributed by atoms with Crippen molar-refractivity contribution in [1.29, 1.82) is 0 Å². The number of nitro benzene ring substituents is 1. The van der Waals surface area contributed by atoms with Crippen LogP contribution in [0, 0.1) is 10.1 Å². The van der Waals surface area contributed by atoms with Crippen LogP contribution >= 0.6 is 24.8 Å². The molecule has 0 amide bonds. The highest BCUT2D eigenvalue weighted by molar-refractivity contribution is 6.00. The summed E-state index contributed by atoms with van der Waals surface area (Å²) < 4.78 is 11.8. The smallest absolute Gasteiger partial charge is 0.338 e. The van der Waals surface area contributed by atoms with Crippen molar-refractivity contribution in [2.75, 3.05) is 19.7 Å². The number of likely N-dealkylation sites (tertiary alicyclic amines) is 1. The van der Waals surface area contributed by atoms with E-state index in [2.05, 4.69) is 41.4 Å². The van der Waals surface area contributed by atoms with Gasteiger partial charge in [0, 0.05) is 30.9 Å². The Kier molecular flexibility index (Phi) is 16.4. The molecule has 0 aromatic heterocycles. The molecule has 2 aliphatic heterocycles. The summed E-state index contributed by atoms with van der Waals surface area (Å²) in [6, 6.07) is 26.3. The first-order chi connectivity index (χ1) is 22.8. The van der Waals surface area contributed by atoms with Crippen molar-refractivity contribution in [3.05, 3.63) is 134 Å². The number of hydrogen-bond donors (Lipinski definition) is 2. The van der Waals surface area contributed by atoms with Gasteiger partial charge < -0.3 is 26.0 Å². The second kappa shape index (κ2) is 19.7. The number of ether oxygens (including phenoxy) is 2. The van der Waals surface area contributed by atoms with Gasteiger partial charge in [0.2, 0.25) is 0 Å². The number of hydrogen-bond acceptors (Lipinski definition) is 9. The molecular formula is C37H46Cl2N4O7. The summed E-state index contributed by atoms with van der Waals surface area (Å²) in [6.45, 7) is 5.18. The molecule has 0 spiro atoms. The van der Waals surface area contributed by atoms with Crippen molar-refractivity contribution in [1.82, 2.24) is 10.2 Å². The van der Waals surface area contributed by atoms with E-state index in [9.17, 15) is 19.7 Å². The molecule has 0 saturated carbocycles. The monoisotopic (exact) mass is 728 g/mol. The fourth-order valence-corrected chi connectivity index (χ4v) is 6.46. The Morgan fingerprint density at radius 3 is 2.18 bits per heavy atom. The Morgan fingerprint density at radius 1 is 0.940 bits per heavy atom. The van der Waals surface area contributed by atoms with Crippen molar-refractivity contribution < 1.29 is 29.5 Å². The van der Waals surface area contributed by atoms with Crippen LogP contribution < -0.4 is 11.1 Å². The first kappa shape index (κ1) is 41.7. The molecule has 1 saturated heterocycles. The standard InChI is InChI=1S/C37H42N4O6.2ClH.H2O/c1-3-4-5-12-22-46-36(42)31-25(2)39-35(38)33(32(31)28-18-13-19-29(23-28)41(44)45)37(43)47-30-20-21-40(24-30)34(26-14-8-6-9-15-26)27-16-10-7-11-17-27;;;/h6-11,13-19,23,30,32,34,39H,3-5,12,20-22,24,38H2,1-2H3;2*1H;1H2. The quantitative estimate of drug-likeness (QED) is 0.0891. The number of allylic oxidation sites excluding steroid dienone is 1. The number of nitrogens with two attached hydrogens (primary N) is 1. The number of nitro groups is 1. The lowest BCUT2D eigenvalue weighted by Gasteiger charge is -2.31. The molecule has 2 atom stereocenters. The predicted octanol–water partition coefficient (Wildman–Crippen LogP) is 6.28. The van der Waals surface area contributed by atoms with Crippen LogP contribution in [0.4, 0.5) is 5.69 Å². The molecule has 5 rings (SSSR count). The van der Waals surface area contributed by atoms with Gasteiger partial charge in [0.15, 0.2) is 0 Å². The highest BCUT2D eigenvalue weighted by Crippen LogP contribution is 2.40. The van der Waals surface area contributed by atoms with Gasteiger partial charge in [-0.05, 0) is 36.5 Å². The fourth-order valence-electron chi connectivity index (χ4n) is 6.46. The third kappa shape index (κ3) is 9.85. The summed E-state index contributed by atoms with van der Waals surface area (Å²) in [5, 5.41) is 14.7. The number of esters is 2. The number of non-ortho nitro benzene ring substituents is 1. The highest BCUT2D eigenvalue weighted by atomic mass is 35.5. The van der Waals surface area contributed by atoms with Crippen molar-refractivity contribution in [2.24, 2.45) is 5.73 Å². The molecule has 0 bridgehead atoms. The second-order valence-electron chi connectivity index (χ2n) is 12.0. The number of unbranched alkanes of at least 4 members (excludes halogenated alkanes) is 3. The summed E-state index contributed by atoms with van der Waals surface area (Å²) in [4.78, 5) is 41.1. The number of carbonyl (C=O) groups is 2. The van der Waals surface area contributed by atoms with Gasteiger partial charge in [-0.3, -0.25) is 15.0 Å². The van der Waals surface area contributed by atoms with Gasteiger partial charge in [0.1, 0.15) is 11.9 Å². The summed E-state index contributed by atoms with van der Waals surface area (Å²) >= 11 is 0. The molecule has 1 fully saturated rings. The Hall–Kier alpha value is -4.42. The van der Waals surface area contributed by atoms with Gasteiger partial charge in [0.05, 0.1) is 34.6 Å². The molecule has 0 radical (unpaired) electrons. The SMILES string of the molecule is CCCCCCOC(=O)C1=C(C)NC(N)=C(C(=O)OC2CCN(C(c3ccccc3)c3ccccc3)C2)C1c1cccc([N+](=O)[O-])c1.Cl.Cl.O. The number of halogens is 2. The van der Waals surface area contributed by atoms with Crippen LogP contribution in [0.1, 0.15) is 74.6 Å². The summed E-state index contributed by atoms with van der Waals surface area (Å²) in [5.41, 5.74) is 9.53. The van der Waals surface area contributed by atoms with Crippen LogP contribution in [0.15, 0.2) is 108 Å². The molecule has 2 unspecified atom stereocenters. The number of carbonyl (C=O) groups excluding carboxylic acids is 2. The maximum absolute atomic E-state index is 14.1. The van der Waals surface area contributed by atoms with Crippen LogP contribution in [-0.4, -0.2) is 53.0 Å². The largest absolute Gasteiger partial charge is 0.462 e. The Labute approximate surface area is 305 Å². The van der Waals surface area contributed by atoms with Crippen molar-refractivity contribution in [2.45, 2.75) is 64.0 Å². The maximum atomic E-state index is 14.1. The summed E-state index contributed by atoms with van der Waals surface area (Å²) in [6.07, 6.45) is 3.87. The number of dihydropyridines is 1. The molecule has 0 aliphatic carbocycles. The molecule has 5 N–H and O–H groups in total. The Morgan fingerprint density at radius 2 is 1.58 bits per heavy atom. The van der Waals surface area contributed by atoms with E-state index in [1.54, 1.807) is 13.0 Å². The lowest BCUT2D eigenvalue weighted by atomic mass is 9.81. The number of nitrogens with one attached hydrogen (secondary N) is 1. The normalized spacial score (nSPS) is 17.2. The minimum absolute atomic E-state index is 0. The van der Waals surface area contributed by atoms with Crippen molar-refractivity contribution >= 4 is 42.4 Å². The average Bonchev–Trinajstić information content (AvgIpc) is 3.52. The van der Waals surface area contributed by atoms with E-state index in [4.69, 9.17) is 15.2 Å². The lowest BCUT2D eigenvalue weighted by molar-refractivity contribution is -0.384. The highest BCUT2D eigenvalue weighted by Gasteiger charge is 2.41. The molecule has 11 nitrogen and oxygen atoms in total. The zero-order valence-corrected chi connectivity index (χ0v) is 29.8. The van der Waals surface area contributed by atoms with Crippen LogP contribution in [0.5, 0.6) is 0 Å². The molecule has 270 valence electrons. The van der Waals surface area contributed by atoms with Gasteiger partial charge in [-0.1, -0.05) is 99.0 Å². The van der Waals surface area contributed by atoms with E-state index in [1.165, 1.54) is 18.2 Å². The molecule has 2 heterocycles. The number of nitrogens with zero attached hydrogens (tertiary/aromatic N) is 2. The van der Waals surface area contributed by atoms with E-state index in [0.717, 1.165) is 30.4 Å². The van der Waals surface area contributed by atoms with E-state index < -0.39 is 28.9 Å². The van der Waals surface area contributed by atoms with E-state index >= 15 is 0 Å². The van der Waals surface area contributed by atoms with Gasteiger partial charge >= 0.3 is 11.9 Å². The molecule has 2 aliphatic rings. The van der Waals surface area contributed by atoms with Crippen LogP contribution in [0.25, 0.3) is 0 Å². The van der Waals surface area contributed by atoms with Gasteiger partial charge in [0.25, 0.3) is 5.69 Å². The first-order valence-corrected chi connectivity index (χ1v) is 16.2. The molecule has 50 heavy (non-hydrogen) atoms. The van der Waals surface area contributed by atoms with E-state index in [0.29, 0.717) is 37.2 Å². The van der Waals surface area contributed by atoms with Gasteiger partial charge in [-0.25, -0.2) is 9.59 Å². The second-order valence-corrected chi connectivity index (χ2v) is 12.0. The van der Waals surface area contributed by atoms with Crippen molar-refractivity contribution in [3.8, 4) is 0 Å². The maximum Gasteiger partial charge on any atom is 0.338 e. The molecule has 3 aromatic carbocycles. The topological polar surface area (TPSA) is 169 Å². The molecule has 13 heteroatoms. The molecular weight excluding hydrogens is 683 g/mol. The van der Waals surface area contributed by atoms with Crippen LogP contribution in [0.2, 0.25) is 0 Å². The first-order valence-electron chi connectivity index (χ1n) is 16.2. The zero-order chi connectivity index (χ0) is 33.3. The molecule has 3 aromatic rings. The minimum Gasteiger partial charge on any atom is -0.462 e. The summed E-state index contributed by atoms with van der Waals surface area (Å²) in [5.74, 6) is -2.29. The van der Waals surface area contributed by atoms with E-state index in [1.807, 2.05) is 36.4 Å². The Bertz CT molecular complexity index is 1610. The summed E-state index contributed by atoms with van der Waals surface area (Å²) in [7, 11) is 0. The van der Waals surface area contributed by atoms with Crippen LogP contribution in [0.3, 0.4) is 0 Å². The van der Waals surface area contributed by atoms with Gasteiger partial charge in [-0.15, -0.1) is 24.8 Å².